The molecule has 0 aliphatic rings. The summed E-state index contributed by atoms with van der Waals surface area (Å²) in [6.07, 6.45) is 4.41. The fourth-order valence-electron chi connectivity index (χ4n) is 1.24. The van der Waals surface area contributed by atoms with Crippen LogP contribution in [0, 0.1) is 11.8 Å². The molecular weight excluding hydrogens is 216 g/mol. The van der Waals surface area contributed by atoms with E-state index < -0.39 is 0 Å². The number of carbonyl (C=O) groups is 1. The van der Waals surface area contributed by atoms with Crippen molar-refractivity contribution in [3.8, 4) is 11.8 Å². The zero-order valence-electron chi connectivity index (χ0n) is 9.86. The Hall–Kier alpha value is -1.86. The molecule has 0 saturated carbocycles. The van der Waals surface area contributed by atoms with Gasteiger partial charge in [0.15, 0.2) is 0 Å². The van der Waals surface area contributed by atoms with Gasteiger partial charge in [-0.1, -0.05) is 18.8 Å². The Morgan fingerprint density at radius 3 is 3.12 bits per heavy atom. The number of aliphatic hydroxyl groups is 1. The SMILES string of the molecule is CCCNC(=O)c1ccncc1C#CCCO. The van der Waals surface area contributed by atoms with E-state index >= 15 is 0 Å². The van der Waals surface area contributed by atoms with Crippen molar-refractivity contribution in [2.75, 3.05) is 13.2 Å². The van der Waals surface area contributed by atoms with Crippen molar-refractivity contribution in [2.45, 2.75) is 19.8 Å². The average molecular weight is 232 g/mol. The minimum absolute atomic E-state index is 0.0185. The van der Waals surface area contributed by atoms with Crippen molar-refractivity contribution in [3.05, 3.63) is 29.6 Å². The van der Waals surface area contributed by atoms with Crippen LogP contribution in [0.5, 0.6) is 0 Å². The second-order valence-electron chi connectivity index (χ2n) is 3.45. The minimum Gasteiger partial charge on any atom is -0.395 e. The standard InChI is InChI=1S/C13H16N2O2/c1-2-7-15-13(17)12-6-8-14-10-11(12)5-3-4-9-16/h6,8,10,16H,2,4,7,9H2,1H3,(H,15,17). The number of aliphatic hydroxyl groups excluding tert-OH is 1. The lowest BCUT2D eigenvalue weighted by atomic mass is 10.1. The van der Waals surface area contributed by atoms with Crippen molar-refractivity contribution in [1.82, 2.24) is 10.3 Å². The highest BCUT2D eigenvalue weighted by atomic mass is 16.2. The van der Waals surface area contributed by atoms with Gasteiger partial charge >= 0.3 is 0 Å². The second kappa shape index (κ2) is 7.42. The van der Waals surface area contributed by atoms with Gasteiger partial charge in [-0.15, -0.1) is 0 Å². The normalized spacial score (nSPS) is 9.29. The quantitative estimate of drug-likeness (QED) is 0.760. The highest BCUT2D eigenvalue weighted by Crippen LogP contribution is 2.05. The molecular formula is C13H16N2O2. The van der Waals surface area contributed by atoms with Crippen molar-refractivity contribution in [2.24, 2.45) is 0 Å². The molecule has 0 aromatic carbocycles. The van der Waals surface area contributed by atoms with Gasteiger partial charge in [0.1, 0.15) is 0 Å². The molecule has 0 fully saturated rings. The van der Waals surface area contributed by atoms with Crippen LogP contribution in [0.3, 0.4) is 0 Å². The first-order valence-corrected chi connectivity index (χ1v) is 5.61. The number of amides is 1. The third-order valence-corrected chi connectivity index (χ3v) is 2.06. The van der Waals surface area contributed by atoms with Crippen LogP contribution in [0.25, 0.3) is 0 Å². The van der Waals surface area contributed by atoms with Crippen LogP contribution in [0.2, 0.25) is 0 Å². The van der Waals surface area contributed by atoms with Crippen molar-refractivity contribution in [1.29, 1.82) is 0 Å². The molecule has 0 aliphatic heterocycles. The molecule has 1 aromatic rings. The number of aromatic nitrogens is 1. The number of carbonyl (C=O) groups excluding carboxylic acids is 1. The summed E-state index contributed by atoms with van der Waals surface area (Å²) in [5.74, 6) is 5.48. The molecule has 0 atom stereocenters. The van der Waals surface area contributed by atoms with Crippen molar-refractivity contribution >= 4 is 5.91 Å². The first-order chi connectivity index (χ1) is 8.29. The molecule has 0 spiro atoms. The fraction of sp³-hybridized carbons (Fsp3) is 0.385. The maximum Gasteiger partial charge on any atom is 0.252 e. The number of hydrogen-bond acceptors (Lipinski definition) is 3. The van der Waals surface area contributed by atoms with Gasteiger partial charge in [0.2, 0.25) is 0 Å². The maximum absolute atomic E-state index is 11.8. The van der Waals surface area contributed by atoms with Gasteiger partial charge in [-0.25, -0.2) is 0 Å². The lowest BCUT2D eigenvalue weighted by Gasteiger charge is -2.04. The second-order valence-corrected chi connectivity index (χ2v) is 3.45. The molecule has 4 nitrogen and oxygen atoms in total. The Kier molecular flexibility index (Phi) is 5.76. The molecule has 1 rings (SSSR count). The molecule has 0 bridgehead atoms. The lowest BCUT2D eigenvalue weighted by molar-refractivity contribution is 0.0953. The van der Waals surface area contributed by atoms with E-state index in [-0.39, 0.29) is 12.5 Å². The zero-order valence-corrected chi connectivity index (χ0v) is 9.86. The van der Waals surface area contributed by atoms with E-state index in [4.69, 9.17) is 5.11 Å². The number of nitrogens with zero attached hydrogens (tertiary/aromatic N) is 1. The minimum atomic E-state index is -0.137. The topological polar surface area (TPSA) is 62.2 Å². The molecule has 0 aliphatic carbocycles. The van der Waals surface area contributed by atoms with Gasteiger partial charge < -0.3 is 10.4 Å². The number of nitrogens with one attached hydrogen (secondary N) is 1. The highest BCUT2D eigenvalue weighted by Gasteiger charge is 2.08. The van der Waals surface area contributed by atoms with Crippen LogP contribution < -0.4 is 5.32 Å². The van der Waals surface area contributed by atoms with Crippen LogP contribution >= 0.6 is 0 Å². The van der Waals surface area contributed by atoms with E-state index in [1.165, 1.54) is 0 Å². The number of pyridine rings is 1. The molecule has 0 saturated heterocycles. The Bertz CT molecular complexity index is 433. The molecule has 2 N–H and O–H groups in total. The van der Waals surface area contributed by atoms with Gasteiger partial charge in [0, 0.05) is 25.4 Å². The van der Waals surface area contributed by atoms with Crippen LogP contribution in [-0.4, -0.2) is 29.1 Å². The molecule has 4 heteroatoms. The molecule has 0 radical (unpaired) electrons. The number of rotatable bonds is 4. The summed E-state index contributed by atoms with van der Waals surface area (Å²) < 4.78 is 0. The summed E-state index contributed by atoms with van der Waals surface area (Å²) in [6.45, 7) is 2.66. The van der Waals surface area contributed by atoms with E-state index in [1.54, 1.807) is 18.5 Å². The summed E-state index contributed by atoms with van der Waals surface area (Å²) in [5, 5.41) is 11.4. The fourth-order valence-corrected chi connectivity index (χ4v) is 1.24. The molecule has 90 valence electrons. The van der Waals surface area contributed by atoms with Gasteiger partial charge in [0.25, 0.3) is 5.91 Å². The first kappa shape index (κ1) is 13.2. The van der Waals surface area contributed by atoms with E-state index in [0.29, 0.717) is 24.1 Å². The number of hydrogen-bond donors (Lipinski definition) is 2. The average Bonchev–Trinajstić information content (AvgIpc) is 2.37. The predicted octanol–water partition coefficient (Wildman–Crippen LogP) is 0.955. The lowest BCUT2D eigenvalue weighted by Crippen LogP contribution is -2.24. The van der Waals surface area contributed by atoms with E-state index in [9.17, 15) is 4.79 Å². The highest BCUT2D eigenvalue weighted by molar-refractivity contribution is 5.96. The maximum atomic E-state index is 11.8. The Morgan fingerprint density at radius 1 is 1.59 bits per heavy atom. The van der Waals surface area contributed by atoms with Crippen LogP contribution in [0.4, 0.5) is 0 Å². The van der Waals surface area contributed by atoms with Crippen LogP contribution in [-0.2, 0) is 0 Å². The van der Waals surface area contributed by atoms with Gasteiger partial charge in [-0.3, -0.25) is 9.78 Å². The van der Waals surface area contributed by atoms with E-state index in [1.807, 2.05) is 6.92 Å². The summed E-state index contributed by atoms with van der Waals surface area (Å²) in [5.41, 5.74) is 1.12. The summed E-state index contributed by atoms with van der Waals surface area (Å²) in [6, 6.07) is 1.65. The zero-order chi connectivity index (χ0) is 12.5. The van der Waals surface area contributed by atoms with Gasteiger partial charge in [-0.2, -0.15) is 0 Å². The third kappa shape index (κ3) is 4.25. The molecule has 1 aromatic heterocycles. The monoisotopic (exact) mass is 232 g/mol. The summed E-state index contributed by atoms with van der Waals surface area (Å²) >= 11 is 0. The Labute approximate surface area is 101 Å². The van der Waals surface area contributed by atoms with E-state index in [2.05, 4.69) is 22.1 Å². The molecule has 1 amide bonds. The Balaban J connectivity index is 2.85. The molecule has 17 heavy (non-hydrogen) atoms. The van der Waals surface area contributed by atoms with Crippen molar-refractivity contribution < 1.29 is 9.90 Å². The molecule has 0 unspecified atom stereocenters. The Morgan fingerprint density at radius 2 is 2.41 bits per heavy atom. The van der Waals surface area contributed by atoms with Crippen LogP contribution in [0.1, 0.15) is 35.7 Å². The first-order valence-electron chi connectivity index (χ1n) is 5.61. The van der Waals surface area contributed by atoms with Crippen LogP contribution in [0.15, 0.2) is 18.5 Å². The predicted molar refractivity (Wildman–Crippen MR) is 65.4 cm³/mol. The summed E-state index contributed by atoms with van der Waals surface area (Å²) in [4.78, 5) is 15.7. The molecule has 1 heterocycles. The van der Waals surface area contributed by atoms with Crippen molar-refractivity contribution in [3.63, 3.8) is 0 Å². The largest absolute Gasteiger partial charge is 0.395 e. The van der Waals surface area contributed by atoms with Gasteiger partial charge in [-0.05, 0) is 12.5 Å². The summed E-state index contributed by atoms with van der Waals surface area (Å²) in [7, 11) is 0. The smallest absolute Gasteiger partial charge is 0.252 e. The third-order valence-electron chi connectivity index (χ3n) is 2.06. The van der Waals surface area contributed by atoms with E-state index in [0.717, 1.165) is 6.42 Å². The van der Waals surface area contributed by atoms with Gasteiger partial charge in [0.05, 0.1) is 17.7 Å².